The van der Waals surface area contributed by atoms with Crippen LogP contribution in [-0.2, 0) is 4.74 Å². The quantitative estimate of drug-likeness (QED) is 0.804. The number of H-pyrrole nitrogens is 1. The van der Waals surface area contributed by atoms with Gasteiger partial charge in [-0.1, -0.05) is 0 Å². The van der Waals surface area contributed by atoms with Crippen molar-refractivity contribution in [2.45, 2.75) is 0 Å². The minimum Gasteiger partial charge on any atom is -0.491 e. The number of aromatic nitrogens is 2. The second kappa shape index (κ2) is 6.54. The first kappa shape index (κ1) is 14.6. The van der Waals surface area contributed by atoms with Crippen molar-refractivity contribution in [3.63, 3.8) is 0 Å². The van der Waals surface area contributed by atoms with E-state index in [2.05, 4.69) is 4.98 Å². The van der Waals surface area contributed by atoms with Crippen molar-refractivity contribution in [3.05, 3.63) is 56.9 Å². The first-order valence-corrected chi connectivity index (χ1v) is 6.14. The Morgan fingerprint density at radius 2 is 1.95 bits per heavy atom. The Hall–Kier alpha value is -2.85. The maximum absolute atomic E-state index is 11.8. The van der Waals surface area contributed by atoms with Gasteiger partial charge in [0.2, 0.25) is 0 Å². The second-order valence-electron chi connectivity index (χ2n) is 4.12. The van der Waals surface area contributed by atoms with Gasteiger partial charge in [0.05, 0.1) is 12.3 Å². The summed E-state index contributed by atoms with van der Waals surface area (Å²) in [5, 5.41) is 8.83. The van der Waals surface area contributed by atoms with Crippen LogP contribution in [0.25, 0.3) is 5.69 Å². The molecule has 2 rings (SSSR count). The van der Waals surface area contributed by atoms with Crippen LogP contribution in [0.3, 0.4) is 0 Å². The molecule has 1 heterocycles. The fraction of sp³-hybridized carbons (Fsp3) is 0.214. The Morgan fingerprint density at radius 3 is 2.57 bits per heavy atom. The zero-order valence-electron chi connectivity index (χ0n) is 11.3. The van der Waals surface area contributed by atoms with E-state index >= 15 is 0 Å². The molecule has 0 atom stereocenters. The van der Waals surface area contributed by atoms with Gasteiger partial charge in [0.25, 0.3) is 5.56 Å². The van der Waals surface area contributed by atoms with Gasteiger partial charge in [-0.2, -0.15) is 5.26 Å². The van der Waals surface area contributed by atoms with E-state index in [4.69, 9.17) is 14.7 Å². The van der Waals surface area contributed by atoms with E-state index in [9.17, 15) is 9.59 Å². The van der Waals surface area contributed by atoms with E-state index in [0.717, 1.165) is 0 Å². The van der Waals surface area contributed by atoms with Gasteiger partial charge < -0.3 is 9.47 Å². The summed E-state index contributed by atoms with van der Waals surface area (Å²) in [6, 6.07) is 8.43. The predicted octanol–water partition coefficient (Wildman–Crippen LogP) is 0.423. The predicted molar refractivity (Wildman–Crippen MR) is 74.7 cm³/mol. The second-order valence-corrected chi connectivity index (χ2v) is 4.12. The maximum Gasteiger partial charge on any atom is 0.332 e. The number of nitriles is 1. The van der Waals surface area contributed by atoms with Crippen LogP contribution in [0.15, 0.2) is 40.1 Å². The molecule has 1 N–H and O–H groups in total. The molecule has 1 aromatic carbocycles. The molecule has 0 aliphatic carbocycles. The van der Waals surface area contributed by atoms with Crippen molar-refractivity contribution in [2.24, 2.45) is 0 Å². The summed E-state index contributed by atoms with van der Waals surface area (Å²) < 4.78 is 11.5. The van der Waals surface area contributed by atoms with E-state index in [0.29, 0.717) is 24.7 Å². The number of nitrogens with zero attached hydrogens (tertiary/aromatic N) is 2. The number of methoxy groups -OCH3 is 1. The van der Waals surface area contributed by atoms with Crippen molar-refractivity contribution in [1.29, 1.82) is 5.26 Å². The van der Waals surface area contributed by atoms with E-state index < -0.39 is 11.2 Å². The topological polar surface area (TPSA) is 97.1 Å². The summed E-state index contributed by atoms with van der Waals surface area (Å²) in [4.78, 5) is 25.2. The van der Waals surface area contributed by atoms with Crippen LogP contribution < -0.4 is 16.0 Å². The summed E-state index contributed by atoms with van der Waals surface area (Å²) in [6.45, 7) is 0.902. The van der Waals surface area contributed by atoms with Crippen LogP contribution >= 0.6 is 0 Å². The number of benzene rings is 1. The van der Waals surface area contributed by atoms with Gasteiger partial charge in [-0.05, 0) is 24.3 Å². The zero-order chi connectivity index (χ0) is 15.2. The molecule has 0 radical (unpaired) electrons. The SMILES string of the molecule is COCCOc1ccc(-n2cc(C#N)c(=O)[nH]c2=O)cc1. The van der Waals surface area contributed by atoms with E-state index in [1.165, 1.54) is 10.8 Å². The van der Waals surface area contributed by atoms with Crippen LogP contribution in [0.5, 0.6) is 5.75 Å². The molecule has 0 aliphatic rings. The molecule has 0 amide bonds. The van der Waals surface area contributed by atoms with Crippen LogP contribution in [0, 0.1) is 11.3 Å². The number of hydrogen-bond donors (Lipinski definition) is 1. The van der Waals surface area contributed by atoms with E-state index in [-0.39, 0.29) is 5.56 Å². The molecule has 0 spiro atoms. The van der Waals surface area contributed by atoms with Gasteiger partial charge in [0.15, 0.2) is 0 Å². The van der Waals surface area contributed by atoms with Gasteiger partial charge in [0, 0.05) is 13.3 Å². The third-order valence-electron chi connectivity index (χ3n) is 2.73. The van der Waals surface area contributed by atoms with Crippen LogP contribution in [0.1, 0.15) is 5.56 Å². The smallest absolute Gasteiger partial charge is 0.332 e. The molecule has 0 bridgehead atoms. The number of rotatable bonds is 5. The largest absolute Gasteiger partial charge is 0.491 e. The van der Waals surface area contributed by atoms with Crippen LogP contribution in [-0.4, -0.2) is 29.9 Å². The Kier molecular flexibility index (Phi) is 4.53. The fourth-order valence-electron chi connectivity index (χ4n) is 1.69. The lowest BCUT2D eigenvalue weighted by Gasteiger charge is -2.08. The summed E-state index contributed by atoms with van der Waals surface area (Å²) >= 11 is 0. The Bertz CT molecular complexity index is 769. The molecule has 21 heavy (non-hydrogen) atoms. The van der Waals surface area contributed by atoms with Gasteiger partial charge in [-0.15, -0.1) is 0 Å². The maximum atomic E-state index is 11.8. The highest BCUT2D eigenvalue weighted by molar-refractivity contribution is 5.38. The molecule has 0 saturated heterocycles. The third-order valence-corrected chi connectivity index (χ3v) is 2.73. The Labute approximate surface area is 120 Å². The average Bonchev–Trinajstić information content (AvgIpc) is 2.49. The van der Waals surface area contributed by atoms with Crippen molar-refractivity contribution in [3.8, 4) is 17.5 Å². The highest BCUT2D eigenvalue weighted by Crippen LogP contribution is 2.14. The van der Waals surface area contributed by atoms with Crippen molar-refractivity contribution < 1.29 is 9.47 Å². The molecule has 0 saturated carbocycles. The van der Waals surface area contributed by atoms with E-state index in [1.54, 1.807) is 37.4 Å². The van der Waals surface area contributed by atoms with Crippen molar-refractivity contribution in [2.75, 3.05) is 20.3 Å². The summed E-state index contributed by atoms with van der Waals surface area (Å²) in [5.74, 6) is 0.633. The molecule has 7 nitrogen and oxygen atoms in total. The highest BCUT2D eigenvalue weighted by Gasteiger charge is 2.06. The molecule has 0 unspecified atom stereocenters. The molecular weight excluding hydrogens is 274 g/mol. The third kappa shape index (κ3) is 3.38. The summed E-state index contributed by atoms with van der Waals surface area (Å²) in [6.07, 6.45) is 1.21. The Morgan fingerprint density at radius 1 is 1.24 bits per heavy atom. The standard InChI is InChI=1S/C14H13N3O4/c1-20-6-7-21-12-4-2-11(3-5-12)17-9-10(8-15)13(18)16-14(17)19/h2-5,9H,6-7H2,1H3,(H,16,18,19). The number of hydrogen-bond acceptors (Lipinski definition) is 5. The fourth-order valence-corrected chi connectivity index (χ4v) is 1.69. The van der Waals surface area contributed by atoms with E-state index in [1.807, 2.05) is 0 Å². The number of nitrogens with one attached hydrogen (secondary N) is 1. The monoisotopic (exact) mass is 287 g/mol. The number of aromatic amines is 1. The molecule has 0 aliphatic heterocycles. The van der Waals surface area contributed by atoms with Gasteiger partial charge in [-0.25, -0.2) is 4.79 Å². The molecule has 1 aromatic heterocycles. The first-order valence-electron chi connectivity index (χ1n) is 6.14. The molecule has 0 fully saturated rings. The highest BCUT2D eigenvalue weighted by atomic mass is 16.5. The zero-order valence-corrected chi connectivity index (χ0v) is 11.3. The number of ether oxygens (including phenoxy) is 2. The van der Waals surface area contributed by atoms with Crippen LogP contribution in [0.2, 0.25) is 0 Å². The van der Waals surface area contributed by atoms with Gasteiger partial charge >= 0.3 is 5.69 Å². The van der Waals surface area contributed by atoms with Crippen LogP contribution in [0.4, 0.5) is 0 Å². The normalized spacial score (nSPS) is 10.1. The van der Waals surface area contributed by atoms with Crippen molar-refractivity contribution in [1.82, 2.24) is 9.55 Å². The van der Waals surface area contributed by atoms with Gasteiger partial charge in [0.1, 0.15) is 24.0 Å². The average molecular weight is 287 g/mol. The molecular formula is C14H13N3O4. The summed E-state index contributed by atoms with van der Waals surface area (Å²) in [7, 11) is 1.59. The molecule has 7 heteroatoms. The van der Waals surface area contributed by atoms with Crippen molar-refractivity contribution >= 4 is 0 Å². The molecule has 108 valence electrons. The Balaban J connectivity index is 2.29. The lowest BCUT2D eigenvalue weighted by molar-refractivity contribution is 0.146. The van der Waals surface area contributed by atoms with Gasteiger partial charge in [-0.3, -0.25) is 14.3 Å². The molecule has 2 aromatic rings. The lowest BCUT2D eigenvalue weighted by Crippen LogP contribution is -2.30. The first-order chi connectivity index (χ1) is 10.2. The summed E-state index contributed by atoms with van der Waals surface area (Å²) in [5.41, 5.74) is -0.910. The minimum absolute atomic E-state index is 0.130. The minimum atomic E-state index is -0.696. The lowest BCUT2D eigenvalue weighted by atomic mass is 10.3.